The summed E-state index contributed by atoms with van der Waals surface area (Å²) in [5.41, 5.74) is 11.7. The predicted molar refractivity (Wildman–Crippen MR) is 197 cm³/mol. The minimum absolute atomic E-state index is 0.884. The van der Waals surface area contributed by atoms with Crippen molar-refractivity contribution in [2.45, 2.75) is 0 Å². The van der Waals surface area contributed by atoms with Crippen molar-refractivity contribution in [3.63, 3.8) is 0 Å². The van der Waals surface area contributed by atoms with Gasteiger partial charge < -0.3 is 4.90 Å². The molecule has 0 unspecified atom stereocenters. The van der Waals surface area contributed by atoms with Crippen molar-refractivity contribution in [2.75, 3.05) is 4.90 Å². The summed E-state index contributed by atoms with van der Waals surface area (Å²) in [7, 11) is 0. The summed E-state index contributed by atoms with van der Waals surface area (Å²) in [5.74, 6) is 0. The maximum atomic E-state index is 5.28. The van der Waals surface area contributed by atoms with Crippen molar-refractivity contribution in [1.82, 2.24) is 9.97 Å². The van der Waals surface area contributed by atoms with E-state index in [1.165, 1.54) is 44.0 Å². The average molecular weight is 598 g/mol. The Hall–Kier alpha value is -6.32. The van der Waals surface area contributed by atoms with Gasteiger partial charge in [-0.1, -0.05) is 133 Å². The largest absolute Gasteiger partial charge is 0.309 e. The van der Waals surface area contributed by atoms with Gasteiger partial charge in [0.1, 0.15) is 0 Å². The zero-order valence-electron chi connectivity index (χ0n) is 25.4. The first kappa shape index (κ1) is 26.0. The Morgan fingerprint density at radius 3 is 1.89 bits per heavy atom. The van der Waals surface area contributed by atoms with Gasteiger partial charge in [0.2, 0.25) is 0 Å². The number of hydrogen-bond donors (Lipinski definition) is 0. The fourth-order valence-electron chi connectivity index (χ4n) is 7.43. The van der Waals surface area contributed by atoms with Gasteiger partial charge in [0.15, 0.2) is 0 Å². The smallest absolute Gasteiger partial charge is 0.0979 e. The second-order valence-electron chi connectivity index (χ2n) is 12.2. The molecular formula is C44H27N3. The Kier molecular flexibility index (Phi) is 5.57. The number of aromatic nitrogens is 2. The van der Waals surface area contributed by atoms with Crippen LogP contribution in [-0.4, -0.2) is 9.97 Å². The van der Waals surface area contributed by atoms with Crippen LogP contribution in [0.4, 0.5) is 17.1 Å². The van der Waals surface area contributed by atoms with Crippen LogP contribution < -0.4 is 4.90 Å². The lowest BCUT2D eigenvalue weighted by Crippen LogP contribution is -2.15. The summed E-state index contributed by atoms with van der Waals surface area (Å²) >= 11 is 0. The summed E-state index contributed by atoms with van der Waals surface area (Å²) < 4.78 is 0. The average Bonchev–Trinajstić information content (AvgIpc) is 3.14. The molecule has 1 aromatic heterocycles. The summed E-state index contributed by atoms with van der Waals surface area (Å²) in [6.07, 6.45) is 0. The summed E-state index contributed by atoms with van der Waals surface area (Å²) in [5, 5.41) is 7.27. The Labute approximate surface area is 272 Å². The van der Waals surface area contributed by atoms with E-state index in [4.69, 9.17) is 9.97 Å². The molecule has 0 saturated heterocycles. The molecule has 0 amide bonds. The number of benzene rings is 8. The fraction of sp³-hybridized carbons (Fsp3) is 0. The maximum absolute atomic E-state index is 5.28. The zero-order chi connectivity index (χ0) is 30.9. The van der Waals surface area contributed by atoms with Crippen molar-refractivity contribution < 1.29 is 0 Å². The van der Waals surface area contributed by atoms with Crippen LogP contribution in [-0.2, 0) is 0 Å². The molecular weight excluding hydrogens is 571 g/mol. The highest BCUT2D eigenvalue weighted by atomic mass is 15.2. The molecule has 47 heavy (non-hydrogen) atoms. The minimum Gasteiger partial charge on any atom is -0.309 e. The van der Waals surface area contributed by atoms with Crippen LogP contribution >= 0.6 is 0 Å². The molecule has 1 aliphatic rings. The second-order valence-corrected chi connectivity index (χ2v) is 12.2. The van der Waals surface area contributed by atoms with E-state index in [2.05, 4.69) is 138 Å². The Morgan fingerprint density at radius 2 is 1.04 bits per heavy atom. The van der Waals surface area contributed by atoms with Gasteiger partial charge in [-0.05, 0) is 57.4 Å². The third-order valence-corrected chi connectivity index (χ3v) is 9.53. The van der Waals surface area contributed by atoms with Gasteiger partial charge in [-0.2, -0.15) is 0 Å². The molecule has 0 fully saturated rings. The van der Waals surface area contributed by atoms with E-state index < -0.39 is 0 Å². The Balaban J connectivity index is 1.28. The Morgan fingerprint density at radius 1 is 0.404 bits per heavy atom. The molecule has 8 aromatic carbocycles. The number of fused-ring (bicyclic) bond motifs is 6. The highest BCUT2D eigenvalue weighted by molar-refractivity contribution is 6.19. The van der Waals surface area contributed by atoms with Gasteiger partial charge in [-0.3, -0.25) is 0 Å². The van der Waals surface area contributed by atoms with Gasteiger partial charge in [0, 0.05) is 33.2 Å². The van der Waals surface area contributed by atoms with Crippen LogP contribution in [0.1, 0.15) is 0 Å². The molecule has 0 radical (unpaired) electrons. The molecule has 9 aromatic rings. The van der Waals surface area contributed by atoms with Crippen LogP contribution in [0, 0.1) is 0 Å². The summed E-state index contributed by atoms with van der Waals surface area (Å²) in [4.78, 5) is 12.9. The number of rotatable bonds is 3. The normalized spacial score (nSPS) is 12.2. The third kappa shape index (κ3) is 3.93. The highest BCUT2D eigenvalue weighted by Gasteiger charge is 2.28. The van der Waals surface area contributed by atoms with Crippen LogP contribution in [0.15, 0.2) is 164 Å². The number of hydrogen-bond acceptors (Lipinski definition) is 3. The molecule has 2 heterocycles. The van der Waals surface area contributed by atoms with E-state index in [0.29, 0.717) is 0 Å². The van der Waals surface area contributed by atoms with Gasteiger partial charge >= 0.3 is 0 Å². The van der Waals surface area contributed by atoms with Crippen LogP contribution in [0.2, 0.25) is 0 Å². The van der Waals surface area contributed by atoms with Crippen molar-refractivity contribution in [2.24, 2.45) is 0 Å². The van der Waals surface area contributed by atoms with Crippen LogP contribution in [0.3, 0.4) is 0 Å². The van der Waals surface area contributed by atoms with E-state index in [-0.39, 0.29) is 0 Å². The maximum Gasteiger partial charge on any atom is 0.0979 e. The lowest BCUT2D eigenvalue weighted by Gasteiger charge is -2.34. The molecule has 0 aliphatic carbocycles. The quantitative estimate of drug-likeness (QED) is 0.203. The van der Waals surface area contributed by atoms with Gasteiger partial charge in [-0.15, -0.1) is 0 Å². The SMILES string of the molecule is c1ccc(-c2nc3ccccc3nc2-c2cccc3ccc(N4c5c(ccc6ccccc56)-c5cccc6cccc4c56)cc23)cc1. The number of anilines is 3. The van der Waals surface area contributed by atoms with Gasteiger partial charge in [0.05, 0.1) is 33.8 Å². The first-order valence-electron chi connectivity index (χ1n) is 16.0. The molecule has 3 nitrogen and oxygen atoms in total. The molecule has 0 spiro atoms. The van der Waals surface area contributed by atoms with Crippen molar-refractivity contribution >= 4 is 60.4 Å². The van der Waals surface area contributed by atoms with E-state index in [1.54, 1.807) is 0 Å². The van der Waals surface area contributed by atoms with E-state index >= 15 is 0 Å². The van der Waals surface area contributed by atoms with Crippen LogP contribution in [0.5, 0.6) is 0 Å². The van der Waals surface area contributed by atoms with E-state index in [9.17, 15) is 0 Å². The third-order valence-electron chi connectivity index (χ3n) is 9.53. The second kappa shape index (κ2) is 10.1. The highest BCUT2D eigenvalue weighted by Crippen LogP contribution is 2.53. The van der Waals surface area contributed by atoms with Crippen molar-refractivity contribution in [1.29, 1.82) is 0 Å². The zero-order valence-corrected chi connectivity index (χ0v) is 25.4. The van der Waals surface area contributed by atoms with Gasteiger partial charge in [-0.25, -0.2) is 9.97 Å². The first-order valence-corrected chi connectivity index (χ1v) is 16.0. The predicted octanol–water partition coefficient (Wildman–Crippen LogP) is 11.9. The molecule has 1 aliphatic heterocycles. The lowest BCUT2D eigenvalue weighted by molar-refractivity contribution is 1.29. The standard InChI is InChI=1S/C44H27N3/c1-2-12-31(13-3-1)42-43(46-39-21-7-6-20-38(39)45-42)35-19-8-14-29-23-25-32(27-37(29)35)47-40-22-10-16-30-15-9-18-34(41(30)40)36-26-24-28-11-4-5-17-33(28)44(36)47/h1-27H. The van der Waals surface area contributed by atoms with Crippen LogP contribution in [0.25, 0.3) is 77.0 Å². The summed E-state index contributed by atoms with van der Waals surface area (Å²) in [6, 6.07) is 58.5. The first-order chi connectivity index (χ1) is 23.3. The van der Waals surface area contributed by atoms with E-state index in [0.717, 1.165) is 50.0 Å². The number of para-hydroxylation sites is 2. The Bertz CT molecular complexity index is 2690. The van der Waals surface area contributed by atoms with Crippen molar-refractivity contribution in [3.8, 4) is 33.6 Å². The van der Waals surface area contributed by atoms with E-state index in [1.807, 2.05) is 30.3 Å². The van der Waals surface area contributed by atoms with Gasteiger partial charge in [0.25, 0.3) is 0 Å². The van der Waals surface area contributed by atoms with Crippen molar-refractivity contribution in [3.05, 3.63) is 164 Å². The molecule has 218 valence electrons. The molecule has 0 bridgehead atoms. The topological polar surface area (TPSA) is 29.0 Å². The molecule has 10 rings (SSSR count). The fourth-order valence-corrected chi connectivity index (χ4v) is 7.43. The minimum atomic E-state index is 0.884. The monoisotopic (exact) mass is 597 g/mol. The molecule has 0 N–H and O–H groups in total. The lowest BCUT2D eigenvalue weighted by atomic mass is 9.88. The molecule has 0 atom stereocenters. The molecule has 3 heteroatoms. The number of nitrogens with zero attached hydrogens (tertiary/aromatic N) is 3. The molecule has 0 saturated carbocycles. The summed E-state index contributed by atoms with van der Waals surface area (Å²) in [6.45, 7) is 0.